The number of carbonyl (C=O) groups excluding carboxylic acids is 1. The number of rotatable bonds is 7. The molecule has 0 aromatic heterocycles. The fourth-order valence-electron chi connectivity index (χ4n) is 5.07. The second kappa shape index (κ2) is 11.1. The monoisotopic (exact) mass is 450 g/mol. The number of likely N-dealkylation sites (tertiary alicyclic amines) is 2. The quantitative estimate of drug-likeness (QED) is 0.570. The Kier molecular flexibility index (Phi) is 9.17. The van der Waals surface area contributed by atoms with Crippen LogP contribution in [0.1, 0.15) is 34.8 Å². The Balaban J connectivity index is 0.00000160. The first-order chi connectivity index (χ1) is 13.7. The Morgan fingerprint density at radius 1 is 1.00 bits per heavy atom. The lowest BCUT2D eigenvalue weighted by atomic mass is 9.89. The van der Waals surface area contributed by atoms with Gasteiger partial charge in [-0.25, -0.2) is 0 Å². The highest BCUT2D eigenvalue weighted by molar-refractivity contribution is 5.95. The molecule has 0 amide bonds. The van der Waals surface area contributed by atoms with Crippen molar-refractivity contribution in [3.8, 4) is 5.75 Å². The fourth-order valence-corrected chi connectivity index (χ4v) is 5.07. The van der Waals surface area contributed by atoms with Gasteiger partial charge in [0.2, 0.25) is 0 Å². The molecule has 0 saturated carbocycles. The largest absolute Gasteiger partial charge is 0.497 e. The standard InChI is InChI=1S/C24H30N2O2.2ClH/c1-25-15-20-16-26(14-6-9-23(27)18-7-4-3-5-8-18)17-22(20)24(25)19-10-12-21(28-2)13-11-19;;/h3-5,7-8,10-13,20,22,24H,6,9,14-17H2,1-2H3;2*1H/t20-,22+,24-;;/m0../s1. The molecule has 4 nitrogen and oxygen atoms in total. The highest BCUT2D eigenvalue weighted by atomic mass is 35.5. The van der Waals surface area contributed by atoms with E-state index in [9.17, 15) is 4.79 Å². The number of hydrogen-bond donors (Lipinski definition) is 0. The molecule has 0 spiro atoms. The molecule has 30 heavy (non-hydrogen) atoms. The van der Waals surface area contributed by atoms with Crippen molar-refractivity contribution in [3.63, 3.8) is 0 Å². The first-order valence-electron chi connectivity index (χ1n) is 10.3. The minimum absolute atomic E-state index is 0. The minimum atomic E-state index is 0. The zero-order chi connectivity index (χ0) is 19.5. The van der Waals surface area contributed by atoms with Crippen molar-refractivity contribution in [2.24, 2.45) is 11.8 Å². The molecule has 164 valence electrons. The Bertz CT molecular complexity index is 801. The minimum Gasteiger partial charge on any atom is -0.497 e. The summed E-state index contributed by atoms with van der Waals surface area (Å²) >= 11 is 0. The van der Waals surface area contributed by atoms with Crippen LogP contribution in [-0.2, 0) is 0 Å². The zero-order valence-corrected chi connectivity index (χ0v) is 19.3. The molecule has 0 unspecified atom stereocenters. The molecule has 3 atom stereocenters. The van der Waals surface area contributed by atoms with Gasteiger partial charge in [0, 0.05) is 37.7 Å². The normalized spacial score (nSPS) is 23.3. The maximum absolute atomic E-state index is 12.3. The summed E-state index contributed by atoms with van der Waals surface area (Å²) in [6, 6.07) is 18.7. The van der Waals surface area contributed by atoms with Gasteiger partial charge in [-0.05, 0) is 49.5 Å². The van der Waals surface area contributed by atoms with E-state index in [-0.39, 0.29) is 30.6 Å². The Morgan fingerprint density at radius 3 is 2.37 bits per heavy atom. The summed E-state index contributed by atoms with van der Waals surface area (Å²) in [5, 5.41) is 0. The molecule has 2 aromatic rings. The highest BCUT2D eigenvalue weighted by Crippen LogP contribution is 2.44. The molecule has 0 radical (unpaired) electrons. The molecule has 0 bridgehead atoms. The number of ether oxygens (including phenoxy) is 1. The number of benzene rings is 2. The summed E-state index contributed by atoms with van der Waals surface area (Å²) in [6.07, 6.45) is 1.58. The number of ketones is 1. The molecule has 2 saturated heterocycles. The van der Waals surface area contributed by atoms with Crippen molar-refractivity contribution in [1.29, 1.82) is 0 Å². The molecule has 4 rings (SSSR count). The van der Waals surface area contributed by atoms with Crippen LogP contribution in [0.3, 0.4) is 0 Å². The average Bonchev–Trinajstić information content (AvgIpc) is 3.24. The molecular formula is C24H32Cl2N2O2. The Labute approximate surface area is 192 Å². The van der Waals surface area contributed by atoms with Gasteiger partial charge in [0.25, 0.3) is 0 Å². The van der Waals surface area contributed by atoms with Crippen LogP contribution in [0.2, 0.25) is 0 Å². The van der Waals surface area contributed by atoms with Crippen LogP contribution in [0.4, 0.5) is 0 Å². The van der Waals surface area contributed by atoms with Gasteiger partial charge in [0.05, 0.1) is 7.11 Å². The van der Waals surface area contributed by atoms with E-state index >= 15 is 0 Å². The lowest BCUT2D eigenvalue weighted by molar-refractivity contribution is 0.0975. The van der Waals surface area contributed by atoms with Crippen molar-refractivity contribution in [3.05, 3.63) is 65.7 Å². The molecule has 2 aromatic carbocycles. The van der Waals surface area contributed by atoms with Crippen molar-refractivity contribution >= 4 is 30.6 Å². The van der Waals surface area contributed by atoms with Gasteiger partial charge in [0.1, 0.15) is 5.75 Å². The second-order valence-electron chi connectivity index (χ2n) is 8.23. The molecule has 2 aliphatic heterocycles. The van der Waals surface area contributed by atoms with E-state index in [2.05, 4.69) is 41.1 Å². The lowest BCUT2D eigenvalue weighted by Crippen LogP contribution is -2.30. The van der Waals surface area contributed by atoms with Gasteiger partial charge >= 0.3 is 0 Å². The van der Waals surface area contributed by atoms with E-state index in [1.165, 1.54) is 5.56 Å². The van der Waals surface area contributed by atoms with Crippen LogP contribution in [0.5, 0.6) is 5.75 Å². The van der Waals surface area contributed by atoms with Gasteiger partial charge in [-0.15, -0.1) is 24.8 Å². The number of hydrogen-bond acceptors (Lipinski definition) is 4. The van der Waals surface area contributed by atoms with E-state index in [1.807, 2.05) is 30.3 Å². The number of halogens is 2. The van der Waals surface area contributed by atoms with Gasteiger partial charge in [-0.3, -0.25) is 9.69 Å². The van der Waals surface area contributed by atoms with Gasteiger partial charge in [0.15, 0.2) is 5.78 Å². The number of Topliss-reactive ketones (excluding diaryl/α,β-unsaturated/α-hetero) is 1. The number of carbonyl (C=O) groups is 1. The van der Waals surface area contributed by atoms with Crippen molar-refractivity contribution in [1.82, 2.24) is 9.80 Å². The third-order valence-electron chi connectivity index (χ3n) is 6.40. The smallest absolute Gasteiger partial charge is 0.162 e. The van der Waals surface area contributed by atoms with Crippen molar-refractivity contribution in [2.75, 3.05) is 40.3 Å². The SMILES string of the molecule is COc1ccc([C@H]2[C@@H]3CN(CCCC(=O)c4ccccc4)C[C@@H]3CN2C)cc1.Cl.Cl. The second-order valence-corrected chi connectivity index (χ2v) is 8.23. The third-order valence-corrected chi connectivity index (χ3v) is 6.40. The fraction of sp³-hybridized carbons (Fsp3) is 0.458. The van der Waals surface area contributed by atoms with E-state index in [0.29, 0.717) is 18.4 Å². The van der Waals surface area contributed by atoms with Gasteiger partial charge in [-0.1, -0.05) is 42.5 Å². The van der Waals surface area contributed by atoms with Crippen LogP contribution in [0.25, 0.3) is 0 Å². The Morgan fingerprint density at radius 2 is 1.70 bits per heavy atom. The molecule has 0 aliphatic carbocycles. The first-order valence-corrected chi connectivity index (χ1v) is 10.3. The number of nitrogens with zero attached hydrogens (tertiary/aromatic N) is 2. The number of methoxy groups -OCH3 is 1. The topological polar surface area (TPSA) is 32.8 Å². The molecule has 2 heterocycles. The molecule has 2 aliphatic rings. The predicted molar refractivity (Wildman–Crippen MR) is 126 cm³/mol. The maximum atomic E-state index is 12.3. The summed E-state index contributed by atoms with van der Waals surface area (Å²) in [7, 11) is 3.96. The molecule has 6 heteroatoms. The highest BCUT2D eigenvalue weighted by Gasteiger charge is 2.45. The van der Waals surface area contributed by atoms with Crippen molar-refractivity contribution < 1.29 is 9.53 Å². The van der Waals surface area contributed by atoms with Gasteiger partial charge in [-0.2, -0.15) is 0 Å². The van der Waals surface area contributed by atoms with E-state index in [4.69, 9.17) is 4.74 Å². The summed E-state index contributed by atoms with van der Waals surface area (Å²) < 4.78 is 5.31. The van der Waals surface area contributed by atoms with Crippen LogP contribution in [0, 0.1) is 11.8 Å². The average molecular weight is 451 g/mol. The molecule has 0 N–H and O–H groups in total. The van der Waals surface area contributed by atoms with E-state index < -0.39 is 0 Å². The van der Waals surface area contributed by atoms with E-state index in [1.54, 1.807) is 7.11 Å². The van der Waals surface area contributed by atoms with Crippen LogP contribution >= 0.6 is 24.8 Å². The van der Waals surface area contributed by atoms with Crippen molar-refractivity contribution in [2.45, 2.75) is 18.9 Å². The molecular weight excluding hydrogens is 419 g/mol. The van der Waals surface area contributed by atoms with Crippen LogP contribution < -0.4 is 4.74 Å². The van der Waals surface area contributed by atoms with E-state index in [0.717, 1.165) is 49.8 Å². The number of fused-ring (bicyclic) bond motifs is 1. The summed E-state index contributed by atoms with van der Waals surface area (Å²) in [6.45, 7) is 4.46. The zero-order valence-electron chi connectivity index (χ0n) is 17.7. The third kappa shape index (κ3) is 5.36. The predicted octanol–water partition coefficient (Wildman–Crippen LogP) is 4.74. The summed E-state index contributed by atoms with van der Waals surface area (Å²) in [4.78, 5) is 17.4. The molecule has 2 fully saturated rings. The first kappa shape index (κ1) is 24.7. The van der Waals surface area contributed by atoms with Crippen LogP contribution in [0.15, 0.2) is 54.6 Å². The Hall–Kier alpha value is -1.59. The lowest BCUT2D eigenvalue weighted by Gasteiger charge is -2.27. The summed E-state index contributed by atoms with van der Waals surface area (Å²) in [5.41, 5.74) is 2.22. The maximum Gasteiger partial charge on any atom is 0.162 e. The van der Waals surface area contributed by atoms with Crippen LogP contribution in [-0.4, -0.2) is 55.9 Å². The van der Waals surface area contributed by atoms with Gasteiger partial charge < -0.3 is 9.64 Å². The summed E-state index contributed by atoms with van der Waals surface area (Å²) in [5.74, 6) is 2.57.